The van der Waals surface area contributed by atoms with E-state index < -0.39 is 0 Å². The number of hydrogen-bond donors (Lipinski definition) is 1. The molecule has 1 fully saturated rings. The van der Waals surface area contributed by atoms with E-state index in [-0.39, 0.29) is 12.4 Å². The lowest BCUT2D eigenvalue weighted by Gasteiger charge is -2.38. The number of halogens is 1. The summed E-state index contributed by atoms with van der Waals surface area (Å²) < 4.78 is 5.61. The van der Waals surface area contributed by atoms with Crippen molar-refractivity contribution in [3.63, 3.8) is 0 Å². The molecule has 3 nitrogen and oxygen atoms in total. The molecule has 20 heavy (non-hydrogen) atoms. The molecule has 1 N–H and O–H groups in total. The lowest BCUT2D eigenvalue weighted by Crippen LogP contribution is -2.43. The number of para-hydroxylation sites is 1. The first-order chi connectivity index (χ1) is 9.36. The van der Waals surface area contributed by atoms with E-state index in [0.717, 1.165) is 18.9 Å². The third-order valence-corrected chi connectivity index (χ3v) is 4.47. The second kappa shape index (κ2) is 7.30. The molecular weight excluding hydrogens is 272 g/mol. The Kier molecular flexibility index (Phi) is 5.70. The molecule has 0 aromatic heterocycles. The van der Waals surface area contributed by atoms with Gasteiger partial charge in [-0.15, -0.1) is 12.4 Å². The molecule has 0 spiro atoms. The van der Waals surface area contributed by atoms with Gasteiger partial charge >= 0.3 is 0 Å². The standard InChI is InChI=1S/C16H24N2O.ClH/c1-19-15-10-14-4-2-3-5-16(14)18(12-15)11-13-6-8-17-9-7-13;/h2-5,13,15,17H,6-12H2,1H3;1H. The van der Waals surface area contributed by atoms with Crippen LogP contribution in [0.1, 0.15) is 18.4 Å². The third kappa shape index (κ3) is 3.46. The molecule has 4 heteroatoms. The van der Waals surface area contributed by atoms with Crippen LogP contribution >= 0.6 is 12.4 Å². The van der Waals surface area contributed by atoms with E-state index in [4.69, 9.17) is 4.74 Å². The summed E-state index contributed by atoms with van der Waals surface area (Å²) in [5.41, 5.74) is 2.86. The van der Waals surface area contributed by atoms with E-state index in [1.807, 2.05) is 7.11 Å². The van der Waals surface area contributed by atoms with E-state index >= 15 is 0 Å². The molecule has 0 amide bonds. The minimum Gasteiger partial charge on any atom is -0.379 e. The summed E-state index contributed by atoms with van der Waals surface area (Å²) in [6.07, 6.45) is 4.00. The number of piperidine rings is 1. The molecule has 1 atom stereocenters. The van der Waals surface area contributed by atoms with E-state index in [0.29, 0.717) is 6.10 Å². The van der Waals surface area contributed by atoms with Crippen molar-refractivity contribution in [2.24, 2.45) is 5.92 Å². The largest absolute Gasteiger partial charge is 0.379 e. The summed E-state index contributed by atoms with van der Waals surface area (Å²) in [4.78, 5) is 2.54. The molecule has 1 aromatic carbocycles. The highest BCUT2D eigenvalue weighted by atomic mass is 35.5. The van der Waals surface area contributed by atoms with Crippen molar-refractivity contribution in [2.75, 3.05) is 38.2 Å². The van der Waals surface area contributed by atoms with Gasteiger partial charge in [-0.3, -0.25) is 0 Å². The Bertz CT molecular complexity index is 421. The number of fused-ring (bicyclic) bond motifs is 1. The highest BCUT2D eigenvalue weighted by Gasteiger charge is 2.26. The zero-order chi connectivity index (χ0) is 13.1. The zero-order valence-electron chi connectivity index (χ0n) is 12.2. The second-order valence-corrected chi connectivity index (χ2v) is 5.79. The predicted octanol–water partition coefficient (Wildman–Crippen LogP) is 2.49. The SMILES string of the molecule is COC1Cc2ccccc2N(CC2CCNCC2)C1.Cl. The fourth-order valence-corrected chi connectivity index (χ4v) is 3.35. The number of methoxy groups -OCH3 is 1. The van der Waals surface area contributed by atoms with Gasteiger partial charge in [0.15, 0.2) is 0 Å². The van der Waals surface area contributed by atoms with Crippen LogP contribution in [0, 0.1) is 5.92 Å². The normalized spacial score (nSPS) is 23.1. The Balaban J connectivity index is 0.00000147. The summed E-state index contributed by atoms with van der Waals surface area (Å²) in [5, 5.41) is 3.45. The lowest BCUT2D eigenvalue weighted by molar-refractivity contribution is 0.103. The molecule has 0 bridgehead atoms. The number of nitrogens with one attached hydrogen (secondary N) is 1. The Morgan fingerprint density at radius 3 is 2.75 bits per heavy atom. The first-order valence-corrected chi connectivity index (χ1v) is 7.43. The van der Waals surface area contributed by atoms with Crippen LogP contribution in [-0.2, 0) is 11.2 Å². The minimum absolute atomic E-state index is 0. The molecule has 1 aromatic rings. The van der Waals surface area contributed by atoms with Crippen LogP contribution < -0.4 is 10.2 Å². The molecule has 2 aliphatic rings. The monoisotopic (exact) mass is 296 g/mol. The molecule has 0 saturated carbocycles. The average Bonchev–Trinajstić information content (AvgIpc) is 2.48. The number of anilines is 1. The van der Waals surface area contributed by atoms with Crippen molar-refractivity contribution in [1.29, 1.82) is 0 Å². The van der Waals surface area contributed by atoms with Crippen LogP contribution in [0.15, 0.2) is 24.3 Å². The van der Waals surface area contributed by atoms with Crippen molar-refractivity contribution in [1.82, 2.24) is 5.32 Å². The van der Waals surface area contributed by atoms with Gasteiger partial charge in [-0.1, -0.05) is 18.2 Å². The third-order valence-electron chi connectivity index (χ3n) is 4.47. The summed E-state index contributed by atoms with van der Waals surface area (Å²) >= 11 is 0. The van der Waals surface area contributed by atoms with Gasteiger partial charge in [0.05, 0.1) is 6.10 Å². The summed E-state index contributed by atoms with van der Waals surface area (Å²) in [6.45, 7) is 4.57. The van der Waals surface area contributed by atoms with Crippen molar-refractivity contribution in [3.05, 3.63) is 29.8 Å². The maximum Gasteiger partial charge on any atom is 0.0787 e. The van der Waals surface area contributed by atoms with Crippen LogP contribution in [-0.4, -0.2) is 39.4 Å². The van der Waals surface area contributed by atoms with Gasteiger partial charge in [0.25, 0.3) is 0 Å². The topological polar surface area (TPSA) is 24.5 Å². The maximum absolute atomic E-state index is 5.61. The first kappa shape index (κ1) is 15.6. The molecule has 1 unspecified atom stereocenters. The zero-order valence-corrected chi connectivity index (χ0v) is 13.0. The van der Waals surface area contributed by atoms with Gasteiger partial charge in [0.1, 0.15) is 0 Å². The van der Waals surface area contributed by atoms with Crippen molar-refractivity contribution in [2.45, 2.75) is 25.4 Å². The quantitative estimate of drug-likeness (QED) is 0.927. The molecule has 3 rings (SSSR count). The Hall–Kier alpha value is -0.770. The molecule has 0 aliphatic carbocycles. The van der Waals surface area contributed by atoms with E-state index in [2.05, 4.69) is 34.5 Å². The summed E-state index contributed by atoms with van der Waals surface area (Å²) in [6, 6.07) is 8.80. The van der Waals surface area contributed by atoms with Crippen molar-refractivity contribution < 1.29 is 4.74 Å². The minimum atomic E-state index is 0. The highest BCUT2D eigenvalue weighted by Crippen LogP contribution is 2.29. The maximum atomic E-state index is 5.61. The highest BCUT2D eigenvalue weighted by molar-refractivity contribution is 5.85. The van der Waals surface area contributed by atoms with Gasteiger partial charge < -0.3 is 15.0 Å². The lowest BCUT2D eigenvalue weighted by atomic mass is 9.94. The molecule has 1 saturated heterocycles. The van der Waals surface area contributed by atoms with E-state index in [1.54, 1.807) is 0 Å². The Morgan fingerprint density at radius 2 is 2.00 bits per heavy atom. The number of benzene rings is 1. The number of rotatable bonds is 3. The fourth-order valence-electron chi connectivity index (χ4n) is 3.35. The molecule has 2 heterocycles. The van der Waals surface area contributed by atoms with Gasteiger partial charge in [0.2, 0.25) is 0 Å². The van der Waals surface area contributed by atoms with Gasteiger partial charge in [-0.25, -0.2) is 0 Å². The van der Waals surface area contributed by atoms with Gasteiger partial charge in [-0.05, 0) is 43.5 Å². The van der Waals surface area contributed by atoms with Crippen molar-refractivity contribution in [3.8, 4) is 0 Å². The van der Waals surface area contributed by atoms with Crippen LogP contribution in [0.25, 0.3) is 0 Å². The van der Waals surface area contributed by atoms with Gasteiger partial charge in [-0.2, -0.15) is 0 Å². The Labute approximate surface area is 128 Å². The van der Waals surface area contributed by atoms with E-state index in [1.165, 1.54) is 43.7 Å². The van der Waals surface area contributed by atoms with Crippen LogP contribution in [0.4, 0.5) is 5.69 Å². The van der Waals surface area contributed by atoms with Gasteiger partial charge in [0, 0.05) is 32.3 Å². The molecule has 2 aliphatic heterocycles. The van der Waals surface area contributed by atoms with Crippen molar-refractivity contribution >= 4 is 18.1 Å². The fraction of sp³-hybridized carbons (Fsp3) is 0.625. The first-order valence-electron chi connectivity index (χ1n) is 7.43. The van der Waals surface area contributed by atoms with Crippen LogP contribution in [0.3, 0.4) is 0 Å². The molecular formula is C16H25ClN2O. The predicted molar refractivity (Wildman–Crippen MR) is 86.0 cm³/mol. The smallest absolute Gasteiger partial charge is 0.0787 e. The number of ether oxygens (including phenoxy) is 1. The molecule has 112 valence electrons. The second-order valence-electron chi connectivity index (χ2n) is 5.79. The van der Waals surface area contributed by atoms with E-state index in [9.17, 15) is 0 Å². The number of hydrogen-bond acceptors (Lipinski definition) is 3. The summed E-state index contributed by atoms with van der Waals surface area (Å²) in [5.74, 6) is 0.824. The number of nitrogens with zero attached hydrogens (tertiary/aromatic N) is 1. The average molecular weight is 297 g/mol. The Morgan fingerprint density at radius 1 is 1.25 bits per heavy atom. The van der Waals surface area contributed by atoms with Crippen LogP contribution in [0.5, 0.6) is 0 Å². The molecule has 0 radical (unpaired) electrons. The summed E-state index contributed by atoms with van der Waals surface area (Å²) in [7, 11) is 1.83. The van der Waals surface area contributed by atoms with Crippen LogP contribution in [0.2, 0.25) is 0 Å².